The zero-order valence-electron chi connectivity index (χ0n) is 7.02. The topological polar surface area (TPSA) is 71.4 Å². The summed E-state index contributed by atoms with van der Waals surface area (Å²) in [6.45, 7) is 0. The van der Waals surface area contributed by atoms with E-state index in [1.165, 1.54) is 12.1 Å². The molecule has 0 unspecified atom stereocenters. The molecular formula is C7H5Cl3O4S. The van der Waals surface area contributed by atoms with Gasteiger partial charge >= 0.3 is 14.2 Å². The maximum Gasteiger partial charge on any atom is 0.335 e. The molecule has 0 saturated heterocycles. The highest BCUT2D eigenvalue weighted by Crippen LogP contribution is 2.08. The second kappa shape index (κ2) is 6.17. The molecule has 0 aliphatic rings. The van der Waals surface area contributed by atoms with Gasteiger partial charge in [-0.05, 0) is 24.3 Å². The van der Waals surface area contributed by atoms with Crippen LogP contribution in [0.5, 0.6) is 0 Å². The Kier molecular flexibility index (Phi) is 5.97. The first-order valence-electron chi connectivity index (χ1n) is 3.33. The maximum atomic E-state index is 10.3. The SMILES string of the molecule is O=C(O)c1ccc(Cl)cc1.O=S(=O)(Cl)Cl. The van der Waals surface area contributed by atoms with E-state index in [0.29, 0.717) is 5.02 Å². The number of aromatic carboxylic acids is 1. The van der Waals surface area contributed by atoms with E-state index < -0.39 is 14.2 Å². The Morgan fingerprint density at radius 1 is 1.13 bits per heavy atom. The molecule has 0 bridgehead atoms. The van der Waals surface area contributed by atoms with Crippen LogP contribution in [0, 0.1) is 0 Å². The smallest absolute Gasteiger partial charge is 0.335 e. The second-order valence-corrected chi connectivity index (χ2v) is 6.30. The molecule has 0 aromatic heterocycles. The van der Waals surface area contributed by atoms with Crippen LogP contribution in [-0.4, -0.2) is 19.5 Å². The molecule has 1 aromatic rings. The van der Waals surface area contributed by atoms with Crippen LogP contribution < -0.4 is 0 Å². The van der Waals surface area contributed by atoms with Crippen molar-refractivity contribution in [1.29, 1.82) is 0 Å². The van der Waals surface area contributed by atoms with Crippen LogP contribution in [0.1, 0.15) is 10.4 Å². The predicted octanol–water partition coefficient (Wildman–Crippen LogP) is 2.75. The van der Waals surface area contributed by atoms with Gasteiger partial charge in [0, 0.05) is 26.4 Å². The van der Waals surface area contributed by atoms with Crippen molar-refractivity contribution < 1.29 is 18.3 Å². The van der Waals surface area contributed by atoms with Crippen LogP contribution in [0.4, 0.5) is 0 Å². The molecule has 0 saturated carbocycles. The van der Waals surface area contributed by atoms with Crippen LogP contribution >= 0.6 is 33.0 Å². The third kappa shape index (κ3) is 9.81. The van der Waals surface area contributed by atoms with Crippen molar-refractivity contribution in [2.75, 3.05) is 0 Å². The Balaban J connectivity index is 0.000000336. The van der Waals surface area contributed by atoms with E-state index in [4.69, 9.17) is 25.1 Å². The fraction of sp³-hybridized carbons (Fsp3) is 0. The minimum absolute atomic E-state index is 0.254. The van der Waals surface area contributed by atoms with Crippen LogP contribution in [0.25, 0.3) is 0 Å². The number of rotatable bonds is 1. The third-order valence-electron chi connectivity index (χ3n) is 1.09. The summed E-state index contributed by atoms with van der Waals surface area (Å²) in [4.78, 5) is 10.3. The zero-order valence-corrected chi connectivity index (χ0v) is 10.1. The van der Waals surface area contributed by atoms with Crippen LogP contribution in [0.2, 0.25) is 5.02 Å². The molecule has 1 N–H and O–H groups in total. The van der Waals surface area contributed by atoms with Crippen molar-refractivity contribution in [3.8, 4) is 0 Å². The fourth-order valence-electron chi connectivity index (χ4n) is 0.592. The molecule has 0 amide bonds. The minimum Gasteiger partial charge on any atom is -0.478 e. The number of halogens is 3. The molecule has 0 atom stereocenters. The predicted molar refractivity (Wildman–Crippen MR) is 59.0 cm³/mol. The van der Waals surface area contributed by atoms with Gasteiger partial charge in [-0.3, -0.25) is 0 Å². The van der Waals surface area contributed by atoms with Gasteiger partial charge in [-0.1, -0.05) is 11.6 Å². The Hall–Kier alpha value is -0.490. The van der Waals surface area contributed by atoms with E-state index >= 15 is 0 Å². The van der Waals surface area contributed by atoms with Crippen molar-refractivity contribution in [3.05, 3.63) is 34.9 Å². The first-order valence-corrected chi connectivity index (χ1v) is 6.84. The van der Waals surface area contributed by atoms with Crippen LogP contribution in [0.15, 0.2) is 24.3 Å². The van der Waals surface area contributed by atoms with Crippen molar-refractivity contribution in [3.63, 3.8) is 0 Å². The first-order chi connectivity index (χ1) is 6.70. The number of carboxylic acids is 1. The lowest BCUT2D eigenvalue weighted by atomic mass is 10.2. The summed E-state index contributed by atoms with van der Waals surface area (Å²) >= 11 is 5.52. The lowest BCUT2D eigenvalue weighted by Gasteiger charge is -1.91. The summed E-state index contributed by atoms with van der Waals surface area (Å²) in [5.41, 5.74) is 0.254. The normalized spacial score (nSPS) is 10.1. The number of hydrogen-bond acceptors (Lipinski definition) is 3. The van der Waals surface area contributed by atoms with E-state index in [2.05, 4.69) is 21.4 Å². The number of carbonyl (C=O) groups is 1. The van der Waals surface area contributed by atoms with Crippen molar-refractivity contribution in [2.45, 2.75) is 0 Å². The summed E-state index contributed by atoms with van der Waals surface area (Å²) in [6, 6.07) is 6.02. The van der Waals surface area contributed by atoms with Gasteiger partial charge in [-0.25, -0.2) is 4.79 Å². The average molecular weight is 292 g/mol. The summed E-state index contributed by atoms with van der Waals surface area (Å²) < 4.78 is 18.3. The molecule has 0 aliphatic heterocycles. The fourth-order valence-corrected chi connectivity index (χ4v) is 0.718. The van der Waals surface area contributed by atoms with Crippen molar-refractivity contribution in [2.24, 2.45) is 0 Å². The van der Waals surface area contributed by atoms with Gasteiger partial charge < -0.3 is 5.11 Å². The van der Waals surface area contributed by atoms with Gasteiger partial charge in [-0.15, -0.1) is 0 Å². The first kappa shape index (κ1) is 14.5. The zero-order chi connectivity index (χ0) is 12.1. The van der Waals surface area contributed by atoms with Crippen molar-refractivity contribution >= 4 is 47.2 Å². The Morgan fingerprint density at radius 2 is 1.47 bits per heavy atom. The summed E-state index contributed by atoms with van der Waals surface area (Å²) in [5.74, 6) is -0.934. The molecule has 8 heteroatoms. The standard InChI is InChI=1S/C7H5ClO2.Cl2O2S/c8-6-3-1-5(2-4-6)7(9)10;1-5(2,3)4/h1-4H,(H,9,10);. The Bertz CT molecular complexity index is 418. The summed E-state index contributed by atoms with van der Waals surface area (Å²) in [5, 5.41) is 8.98. The van der Waals surface area contributed by atoms with Gasteiger partial charge in [0.25, 0.3) is 0 Å². The molecule has 0 spiro atoms. The van der Waals surface area contributed by atoms with E-state index in [1.54, 1.807) is 12.1 Å². The lowest BCUT2D eigenvalue weighted by Crippen LogP contribution is -1.94. The summed E-state index contributed by atoms with van der Waals surface area (Å²) in [6.07, 6.45) is 0. The number of carboxylic acid groups (broad SMARTS) is 1. The van der Waals surface area contributed by atoms with Gasteiger partial charge in [0.05, 0.1) is 5.56 Å². The van der Waals surface area contributed by atoms with Gasteiger partial charge in [0.2, 0.25) is 0 Å². The molecule has 1 aromatic carbocycles. The quantitative estimate of drug-likeness (QED) is 0.808. The molecular weight excluding hydrogens is 286 g/mol. The molecule has 0 aliphatic carbocycles. The van der Waals surface area contributed by atoms with Crippen molar-refractivity contribution in [1.82, 2.24) is 0 Å². The third-order valence-corrected chi connectivity index (χ3v) is 1.34. The van der Waals surface area contributed by atoms with E-state index in [1.807, 2.05) is 0 Å². The summed E-state index contributed by atoms with van der Waals surface area (Å²) in [7, 11) is 4.81. The molecule has 0 heterocycles. The molecule has 4 nitrogen and oxygen atoms in total. The molecule has 15 heavy (non-hydrogen) atoms. The van der Waals surface area contributed by atoms with Gasteiger partial charge in [-0.2, -0.15) is 8.42 Å². The molecule has 0 fully saturated rings. The molecule has 0 radical (unpaired) electrons. The molecule has 84 valence electrons. The van der Waals surface area contributed by atoms with Gasteiger partial charge in [0.15, 0.2) is 0 Å². The van der Waals surface area contributed by atoms with E-state index in [0.717, 1.165) is 0 Å². The number of benzene rings is 1. The highest BCUT2D eigenvalue weighted by atomic mass is 36.0. The molecule has 1 rings (SSSR count). The Labute approximate surface area is 100 Å². The Morgan fingerprint density at radius 3 is 1.73 bits per heavy atom. The second-order valence-electron chi connectivity index (χ2n) is 2.19. The monoisotopic (exact) mass is 290 g/mol. The highest BCUT2D eigenvalue weighted by Gasteiger charge is 1.99. The van der Waals surface area contributed by atoms with Crippen LogP contribution in [0.3, 0.4) is 0 Å². The van der Waals surface area contributed by atoms with Gasteiger partial charge in [0.1, 0.15) is 0 Å². The van der Waals surface area contributed by atoms with E-state index in [-0.39, 0.29) is 5.56 Å². The maximum absolute atomic E-state index is 10.3. The minimum atomic E-state index is -3.72. The van der Waals surface area contributed by atoms with Crippen LogP contribution in [-0.2, 0) is 8.26 Å². The number of hydrogen-bond donors (Lipinski definition) is 1. The largest absolute Gasteiger partial charge is 0.478 e. The average Bonchev–Trinajstić information content (AvgIpc) is 2.01. The highest BCUT2D eigenvalue weighted by molar-refractivity contribution is 8.31. The van der Waals surface area contributed by atoms with E-state index in [9.17, 15) is 4.79 Å². The lowest BCUT2D eigenvalue weighted by molar-refractivity contribution is 0.0697.